The van der Waals surface area contributed by atoms with Crippen LogP contribution in [0.3, 0.4) is 0 Å². The number of hydrogen-bond donors (Lipinski definition) is 1. The fraction of sp³-hybridized carbons (Fsp3) is 0.364. The number of benzene rings is 3. The summed E-state index contributed by atoms with van der Waals surface area (Å²) in [6, 6.07) is 27.1. The van der Waals surface area contributed by atoms with Crippen LogP contribution in [0.25, 0.3) is 0 Å². The first-order valence-electron chi connectivity index (χ1n) is 17.7. The van der Waals surface area contributed by atoms with Crippen LogP contribution in [0.15, 0.2) is 107 Å². The first-order valence-corrected chi connectivity index (χ1v) is 17.7. The van der Waals surface area contributed by atoms with Crippen molar-refractivity contribution in [2.24, 2.45) is 5.92 Å². The topological polar surface area (TPSA) is 82.7 Å². The SMILES string of the molecule is Cc1c(OCc2ccccc2)c(=O)ccn1CC(Cc1cc(C(C)(C)C)c(O)c(C(C)(C)C)c1)Cn1ccc(=O)c(OCc2ccccc2)c1C. The monoisotopic (exact) mass is 688 g/mol. The number of pyridine rings is 2. The van der Waals surface area contributed by atoms with Crippen molar-refractivity contribution in [3.8, 4) is 17.2 Å². The van der Waals surface area contributed by atoms with Crippen molar-refractivity contribution in [1.29, 1.82) is 0 Å². The molecule has 0 atom stereocenters. The van der Waals surface area contributed by atoms with Crippen molar-refractivity contribution in [3.63, 3.8) is 0 Å². The normalized spacial score (nSPS) is 11.9. The van der Waals surface area contributed by atoms with E-state index in [1.807, 2.05) is 86.9 Å². The number of phenolic OH excluding ortho intramolecular Hbond substituents is 1. The van der Waals surface area contributed by atoms with Gasteiger partial charge in [-0.3, -0.25) is 9.59 Å². The molecular weight excluding hydrogens is 636 g/mol. The molecule has 51 heavy (non-hydrogen) atoms. The molecule has 0 aliphatic carbocycles. The first-order chi connectivity index (χ1) is 24.1. The average Bonchev–Trinajstić information content (AvgIpc) is 3.07. The molecule has 0 aliphatic heterocycles. The maximum absolute atomic E-state index is 13.0. The van der Waals surface area contributed by atoms with Crippen molar-refractivity contribution in [2.75, 3.05) is 0 Å². The summed E-state index contributed by atoms with van der Waals surface area (Å²) in [5.41, 5.74) is 5.57. The number of rotatable bonds is 12. The predicted molar refractivity (Wildman–Crippen MR) is 205 cm³/mol. The molecule has 7 heteroatoms. The molecule has 0 unspecified atom stereocenters. The molecule has 7 nitrogen and oxygen atoms in total. The number of phenols is 1. The van der Waals surface area contributed by atoms with E-state index >= 15 is 0 Å². The van der Waals surface area contributed by atoms with E-state index in [-0.39, 0.29) is 27.6 Å². The van der Waals surface area contributed by atoms with Crippen LogP contribution in [0.1, 0.15) is 80.7 Å². The Labute approximate surface area is 302 Å². The van der Waals surface area contributed by atoms with Crippen LogP contribution in [0.5, 0.6) is 17.2 Å². The van der Waals surface area contributed by atoms with E-state index in [1.165, 1.54) is 0 Å². The minimum atomic E-state index is -0.268. The fourth-order valence-electron chi connectivity index (χ4n) is 6.55. The van der Waals surface area contributed by atoms with Gasteiger partial charge in [-0.2, -0.15) is 0 Å². The molecule has 0 amide bonds. The van der Waals surface area contributed by atoms with Crippen molar-refractivity contribution in [1.82, 2.24) is 9.13 Å². The van der Waals surface area contributed by atoms with E-state index in [2.05, 4.69) is 62.8 Å². The van der Waals surface area contributed by atoms with Crippen molar-refractivity contribution in [2.45, 2.75) is 98.9 Å². The first kappa shape index (κ1) is 37.2. The standard InChI is InChI=1S/C44H52N2O5/c1-30-41(50-28-32-15-11-9-12-16-32)38(47)19-21-45(30)26-35(23-34-24-36(43(3,4)5)40(49)37(25-34)44(6,7)8)27-46-22-20-39(48)42(31(46)2)51-29-33-17-13-10-14-18-33/h9-22,24-25,35,49H,23,26-29H2,1-8H3. The molecule has 2 heterocycles. The Morgan fingerprint density at radius 3 is 1.37 bits per heavy atom. The Morgan fingerprint density at radius 1 is 0.608 bits per heavy atom. The zero-order chi connectivity index (χ0) is 36.9. The van der Waals surface area contributed by atoms with E-state index in [9.17, 15) is 14.7 Å². The van der Waals surface area contributed by atoms with Gasteiger partial charge >= 0.3 is 0 Å². The Kier molecular flexibility index (Phi) is 11.3. The lowest BCUT2D eigenvalue weighted by Gasteiger charge is -2.29. The molecule has 2 aromatic heterocycles. The van der Waals surface area contributed by atoms with Gasteiger partial charge in [0.25, 0.3) is 0 Å². The Bertz CT molecular complexity index is 1920. The van der Waals surface area contributed by atoms with Crippen LogP contribution < -0.4 is 20.3 Å². The summed E-state index contributed by atoms with van der Waals surface area (Å²) < 4.78 is 16.4. The molecule has 1 N–H and O–H groups in total. The minimum Gasteiger partial charge on any atom is -0.507 e. The third-order valence-corrected chi connectivity index (χ3v) is 9.45. The van der Waals surface area contributed by atoms with E-state index in [4.69, 9.17) is 9.47 Å². The zero-order valence-corrected chi connectivity index (χ0v) is 31.3. The van der Waals surface area contributed by atoms with Gasteiger partial charge in [0.05, 0.1) is 11.4 Å². The van der Waals surface area contributed by atoms with Crippen molar-refractivity contribution < 1.29 is 14.6 Å². The Hall–Kier alpha value is -5.04. The molecule has 0 radical (unpaired) electrons. The summed E-state index contributed by atoms with van der Waals surface area (Å²) >= 11 is 0. The Morgan fingerprint density at radius 2 is 1.00 bits per heavy atom. The highest BCUT2D eigenvalue weighted by Crippen LogP contribution is 2.40. The molecule has 0 fully saturated rings. The fourth-order valence-corrected chi connectivity index (χ4v) is 6.55. The summed E-state index contributed by atoms with van der Waals surface area (Å²) in [5, 5.41) is 11.4. The smallest absolute Gasteiger partial charge is 0.223 e. The van der Waals surface area contributed by atoms with Crippen LogP contribution in [-0.2, 0) is 43.6 Å². The maximum Gasteiger partial charge on any atom is 0.223 e. The lowest BCUT2D eigenvalue weighted by molar-refractivity contribution is 0.289. The Balaban J connectivity index is 1.53. The van der Waals surface area contributed by atoms with Gasteiger partial charge in [0.2, 0.25) is 10.9 Å². The van der Waals surface area contributed by atoms with E-state index in [0.717, 1.165) is 39.2 Å². The molecule has 268 valence electrons. The number of aromatic hydroxyl groups is 1. The number of aromatic nitrogens is 2. The second kappa shape index (κ2) is 15.5. The molecule has 3 aromatic carbocycles. The van der Waals surface area contributed by atoms with Crippen molar-refractivity contribution >= 4 is 0 Å². The van der Waals surface area contributed by atoms with Crippen LogP contribution in [-0.4, -0.2) is 14.2 Å². The van der Waals surface area contributed by atoms with Crippen LogP contribution >= 0.6 is 0 Å². The lowest BCUT2D eigenvalue weighted by atomic mass is 9.77. The molecule has 0 aliphatic rings. The number of nitrogens with zero attached hydrogens (tertiary/aromatic N) is 2. The molecule has 0 bridgehead atoms. The lowest BCUT2D eigenvalue weighted by Crippen LogP contribution is -2.25. The second-order valence-corrected chi connectivity index (χ2v) is 15.7. The van der Waals surface area contributed by atoms with Crippen LogP contribution in [0.2, 0.25) is 0 Å². The second-order valence-electron chi connectivity index (χ2n) is 15.7. The molecule has 5 aromatic rings. The number of hydrogen-bond acceptors (Lipinski definition) is 5. The van der Waals surface area contributed by atoms with Gasteiger partial charge < -0.3 is 23.7 Å². The molecule has 0 saturated carbocycles. The largest absolute Gasteiger partial charge is 0.507 e. The highest BCUT2D eigenvalue weighted by atomic mass is 16.5. The third kappa shape index (κ3) is 9.20. The molecular formula is C44H52N2O5. The van der Waals surface area contributed by atoms with Gasteiger partial charge in [0.15, 0.2) is 11.5 Å². The van der Waals surface area contributed by atoms with Gasteiger partial charge in [-0.1, -0.05) is 114 Å². The number of ether oxygens (including phenoxy) is 2. The summed E-state index contributed by atoms with van der Waals surface area (Å²) in [6.07, 6.45) is 4.36. The molecule has 0 spiro atoms. The molecule has 5 rings (SSSR count). The summed E-state index contributed by atoms with van der Waals surface area (Å²) in [4.78, 5) is 26.1. The predicted octanol–water partition coefficient (Wildman–Crippen LogP) is 8.64. The van der Waals surface area contributed by atoms with Gasteiger partial charge in [-0.15, -0.1) is 0 Å². The summed E-state index contributed by atoms with van der Waals surface area (Å²) in [5.74, 6) is 1.04. The summed E-state index contributed by atoms with van der Waals surface area (Å²) in [7, 11) is 0. The van der Waals surface area contributed by atoms with E-state index < -0.39 is 0 Å². The average molecular weight is 689 g/mol. The highest BCUT2D eigenvalue weighted by Gasteiger charge is 2.27. The maximum atomic E-state index is 13.0. The zero-order valence-electron chi connectivity index (χ0n) is 31.3. The van der Waals surface area contributed by atoms with Crippen LogP contribution in [0, 0.1) is 19.8 Å². The van der Waals surface area contributed by atoms with E-state index in [0.29, 0.717) is 50.0 Å². The van der Waals surface area contributed by atoms with Gasteiger partial charge in [-0.05, 0) is 64.8 Å². The van der Waals surface area contributed by atoms with Crippen LogP contribution in [0.4, 0.5) is 0 Å². The van der Waals surface area contributed by atoms with Gasteiger partial charge in [-0.25, -0.2) is 0 Å². The summed E-state index contributed by atoms with van der Waals surface area (Å²) in [6.45, 7) is 18.3. The quantitative estimate of drug-likeness (QED) is 0.142. The third-order valence-electron chi connectivity index (χ3n) is 9.45. The minimum absolute atomic E-state index is 0.0153. The molecule has 0 saturated heterocycles. The van der Waals surface area contributed by atoms with Gasteiger partial charge in [0.1, 0.15) is 19.0 Å². The van der Waals surface area contributed by atoms with E-state index in [1.54, 1.807) is 12.1 Å². The van der Waals surface area contributed by atoms with Crippen molar-refractivity contribution in [3.05, 3.63) is 157 Å². The highest BCUT2D eigenvalue weighted by molar-refractivity contribution is 5.50. The van der Waals surface area contributed by atoms with Gasteiger partial charge in [0, 0.05) is 37.6 Å².